The lowest BCUT2D eigenvalue weighted by Crippen LogP contribution is -2.37. The fourth-order valence-corrected chi connectivity index (χ4v) is 3.83. The highest BCUT2D eigenvalue weighted by molar-refractivity contribution is 7.09. The fourth-order valence-electron chi connectivity index (χ4n) is 3.05. The van der Waals surface area contributed by atoms with E-state index in [1.165, 1.54) is 17.4 Å². The average molecular weight is 333 g/mol. The van der Waals surface area contributed by atoms with Crippen LogP contribution in [0.5, 0.6) is 0 Å². The number of hydrogen-bond donors (Lipinski definition) is 1. The Hall–Kier alpha value is -1.79. The van der Waals surface area contributed by atoms with E-state index in [1.807, 2.05) is 16.3 Å². The normalized spacial score (nSPS) is 17.7. The van der Waals surface area contributed by atoms with E-state index in [-0.39, 0.29) is 17.8 Å². The SMILES string of the molecule is NCCc1nc(C(=O)N2CCCC2Cc2cccc(F)c2)cs1. The Balaban J connectivity index is 1.71. The van der Waals surface area contributed by atoms with Crippen molar-refractivity contribution in [2.75, 3.05) is 13.1 Å². The molecule has 1 aliphatic rings. The highest BCUT2D eigenvalue weighted by Gasteiger charge is 2.30. The van der Waals surface area contributed by atoms with Gasteiger partial charge < -0.3 is 10.6 Å². The number of aromatic nitrogens is 1. The molecule has 1 amide bonds. The number of thiazole rings is 1. The number of halogens is 1. The van der Waals surface area contributed by atoms with Crippen molar-refractivity contribution >= 4 is 17.2 Å². The fraction of sp³-hybridized carbons (Fsp3) is 0.412. The molecule has 0 spiro atoms. The topological polar surface area (TPSA) is 59.2 Å². The summed E-state index contributed by atoms with van der Waals surface area (Å²) in [6.45, 7) is 1.27. The molecule has 2 aromatic rings. The van der Waals surface area contributed by atoms with Gasteiger partial charge in [0, 0.05) is 24.4 Å². The van der Waals surface area contributed by atoms with E-state index in [0.717, 1.165) is 30.0 Å². The second-order valence-corrected chi connectivity index (χ2v) is 6.74. The standard InChI is InChI=1S/C17H20FN3OS/c18-13-4-1-3-12(9-13)10-14-5-2-8-21(14)17(22)15-11-23-16(20-15)6-7-19/h1,3-4,9,11,14H,2,5-8,10,19H2. The first kappa shape index (κ1) is 16.1. The first-order valence-corrected chi connectivity index (χ1v) is 8.75. The molecular weight excluding hydrogens is 313 g/mol. The number of nitrogens with two attached hydrogens (primary N) is 1. The molecule has 1 saturated heterocycles. The molecule has 1 aliphatic heterocycles. The number of nitrogens with zero attached hydrogens (tertiary/aromatic N) is 2. The maximum absolute atomic E-state index is 13.3. The van der Waals surface area contributed by atoms with Crippen LogP contribution in [0.25, 0.3) is 0 Å². The Morgan fingerprint density at radius 3 is 3.13 bits per heavy atom. The summed E-state index contributed by atoms with van der Waals surface area (Å²) in [6.07, 6.45) is 3.31. The number of hydrogen-bond acceptors (Lipinski definition) is 4. The van der Waals surface area contributed by atoms with Gasteiger partial charge in [-0.2, -0.15) is 0 Å². The number of amides is 1. The molecular formula is C17H20FN3OS. The van der Waals surface area contributed by atoms with Crippen molar-refractivity contribution in [3.05, 3.63) is 51.7 Å². The lowest BCUT2D eigenvalue weighted by atomic mass is 10.0. The van der Waals surface area contributed by atoms with Gasteiger partial charge in [0.05, 0.1) is 5.01 Å². The zero-order chi connectivity index (χ0) is 16.2. The van der Waals surface area contributed by atoms with Gasteiger partial charge in [-0.15, -0.1) is 11.3 Å². The van der Waals surface area contributed by atoms with E-state index < -0.39 is 0 Å². The molecule has 1 atom stereocenters. The Morgan fingerprint density at radius 2 is 2.35 bits per heavy atom. The summed E-state index contributed by atoms with van der Waals surface area (Å²) < 4.78 is 13.3. The van der Waals surface area contributed by atoms with Crippen LogP contribution in [0.15, 0.2) is 29.6 Å². The molecule has 0 aliphatic carbocycles. The number of carbonyl (C=O) groups excluding carboxylic acids is 1. The molecule has 122 valence electrons. The molecule has 3 rings (SSSR count). The van der Waals surface area contributed by atoms with Crippen LogP contribution < -0.4 is 5.73 Å². The van der Waals surface area contributed by atoms with E-state index in [4.69, 9.17) is 5.73 Å². The third-order valence-corrected chi connectivity index (χ3v) is 5.04. The number of rotatable bonds is 5. The summed E-state index contributed by atoms with van der Waals surface area (Å²) in [7, 11) is 0. The van der Waals surface area contributed by atoms with Gasteiger partial charge in [-0.1, -0.05) is 12.1 Å². The van der Waals surface area contributed by atoms with Gasteiger partial charge in [0.2, 0.25) is 0 Å². The lowest BCUT2D eigenvalue weighted by molar-refractivity contribution is 0.0731. The first-order chi connectivity index (χ1) is 11.2. The van der Waals surface area contributed by atoms with Gasteiger partial charge in [0.15, 0.2) is 0 Å². The monoisotopic (exact) mass is 333 g/mol. The lowest BCUT2D eigenvalue weighted by Gasteiger charge is -2.24. The van der Waals surface area contributed by atoms with E-state index >= 15 is 0 Å². The highest BCUT2D eigenvalue weighted by atomic mass is 32.1. The molecule has 0 radical (unpaired) electrons. The van der Waals surface area contributed by atoms with E-state index in [0.29, 0.717) is 25.1 Å². The number of benzene rings is 1. The van der Waals surface area contributed by atoms with Crippen molar-refractivity contribution in [1.29, 1.82) is 0 Å². The molecule has 0 saturated carbocycles. The minimum atomic E-state index is -0.232. The molecule has 1 aromatic carbocycles. The molecule has 2 heterocycles. The quantitative estimate of drug-likeness (QED) is 0.915. The van der Waals surface area contributed by atoms with Crippen LogP contribution >= 0.6 is 11.3 Å². The van der Waals surface area contributed by atoms with Gasteiger partial charge in [-0.05, 0) is 43.5 Å². The van der Waals surface area contributed by atoms with Gasteiger partial charge in [-0.3, -0.25) is 4.79 Å². The average Bonchev–Trinajstić information content (AvgIpc) is 3.16. The predicted octanol–water partition coefficient (Wildman–Crippen LogP) is 2.63. The van der Waals surface area contributed by atoms with Crippen molar-refractivity contribution in [2.45, 2.75) is 31.7 Å². The summed E-state index contributed by atoms with van der Waals surface area (Å²) in [5.74, 6) is -0.257. The molecule has 2 N–H and O–H groups in total. The zero-order valence-electron chi connectivity index (χ0n) is 12.9. The molecule has 1 fully saturated rings. The second kappa shape index (κ2) is 7.19. The van der Waals surface area contributed by atoms with Crippen molar-refractivity contribution in [2.24, 2.45) is 5.73 Å². The molecule has 6 heteroatoms. The minimum absolute atomic E-state index is 0.0246. The van der Waals surface area contributed by atoms with E-state index in [1.54, 1.807) is 12.1 Å². The van der Waals surface area contributed by atoms with Crippen LogP contribution in [0.2, 0.25) is 0 Å². The van der Waals surface area contributed by atoms with E-state index in [9.17, 15) is 9.18 Å². The summed E-state index contributed by atoms with van der Waals surface area (Å²) in [6, 6.07) is 6.72. The van der Waals surface area contributed by atoms with Crippen LogP contribution in [-0.2, 0) is 12.8 Å². The maximum Gasteiger partial charge on any atom is 0.273 e. The van der Waals surface area contributed by atoms with Crippen molar-refractivity contribution < 1.29 is 9.18 Å². The smallest absolute Gasteiger partial charge is 0.273 e. The van der Waals surface area contributed by atoms with Gasteiger partial charge in [-0.25, -0.2) is 9.37 Å². The van der Waals surface area contributed by atoms with Crippen molar-refractivity contribution in [3.8, 4) is 0 Å². The third-order valence-electron chi connectivity index (χ3n) is 4.13. The van der Waals surface area contributed by atoms with Crippen LogP contribution in [0.4, 0.5) is 4.39 Å². The van der Waals surface area contributed by atoms with Crippen molar-refractivity contribution in [1.82, 2.24) is 9.88 Å². The Kier molecular flexibility index (Phi) is 5.03. The summed E-state index contributed by atoms with van der Waals surface area (Å²) in [4.78, 5) is 19.0. The minimum Gasteiger partial charge on any atom is -0.334 e. The van der Waals surface area contributed by atoms with Gasteiger partial charge in [0.25, 0.3) is 5.91 Å². The Labute approximate surface area is 139 Å². The largest absolute Gasteiger partial charge is 0.334 e. The van der Waals surface area contributed by atoms with Crippen LogP contribution in [0, 0.1) is 5.82 Å². The molecule has 0 bridgehead atoms. The summed E-state index contributed by atoms with van der Waals surface area (Å²) in [5, 5.41) is 2.71. The number of likely N-dealkylation sites (tertiary alicyclic amines) is 1. The Morgan fingerprint density at radius 1 is 1.48 bits per heavy atom. The third kappa shape index (κ3) is 3.76. The van der Waals surface area contributed by atoms with Crippen LogP contribution in [-0.4, -0.2) is 34.9 Å². The first-order valence-electron chi connectivity index (χ1n) is 7.87. The van der Waals surface area contributed by atoms with Crippen molar-refractivity contribution in [3.63, 3.8) is 0 Å². The van der Waals surface area contributed by atoms with Gasteiger partial charge in [0.1, 0.15) is 11.5 Å². The Bertz CT molecular complexity index is 688. The summed E-state index contributed by atoms with van der Waals surface area (Å²) in [5.41, 5.74) is 6.96. The molecule has 23 heavy (non-hydrogen) atoms. The van der Waals surface area contributed by atoms with E-state index in [2.05, 4.69) is 4.98 Å². The van der Waals surface area contributed by atoms with Crippen LogP contribution in [0.1, 0.15) is 33.9 Å². The summed E-state index contributed by atoms with van der Waals surface area (Å²) >= 11 is 1.48. The zero-order valence-corrected chi connectivity index (χ0v) is 13.7. The maximum atomic E-state index is 13.3. The predicted molar refractivity (Wildman–Crippen MR) is 89.0 cm³/mol. The second-order valence-electron chi connectivity index (χ2n) is 5.79. The van der Waals surface area contributed by atoms with Gasteiger partial charge >= 0.3 is 0 Å². The molecule has 4 nitrogen and oxygen atoms in total. The molecule has 1 aromatic heterocycles. The van der Waals surface area contributed by atoms with Crippen LogP contribution in [0.3, 0.4) is 0 Å². The molecule has 1 unspecified atom stereocenters. The highest BCUT2D eigenvalue weighted by Crippen LogP contribution is 2.24. The number of carbonyl (C=O) groups is 1.